The number of nitrogens with one attached hydrogen (secondary N) is 1. The van der Waals surface area contributed by atoms with Gasteiger partial charge in [0.1, 0.15) is 16.4 Å². The number of hydrogen-bond donors (Lipinski definition) is 1. The number of likely N-dealkylation sites (tertiary alicyclic amines) is 1. The Kier molecular flexibility index (Phi) is 5.98. The Morgan fingerprint density at radius 2 is 2.15 bits per heavy atom. The second-order valence-electron chi connectivity index (χ2n) is 9.46. The van der Waals surface area contributed by atoms with Crippen molar-refractivity contribution >= 4 is 45.4 Å². The Balaban J connectivity index is 1.52. The summed E-state index contributed by atoms with van der Waals surface area (Å²) in [5.41, 5.74) is 5.63. The normalized spacial score (nSPS) is 16.7. The van der Waals surface area contributed by atoms with Crippen molar-refractivity contribution < 1.29 is 9.53 Å². The molecule has 9 nitrogen and oxygen atoms in total. The molecule has 5 rings (SSSR count). The first-order chi connectivity index (χ1) is 16.3. The average Bonchev–Trinajstić information content (AvgIpc) is 3.53. The summed E-state index contributed by atoms with van der Waals surface area (Å²) in [6, 6.07) is 4.04. The van der Waals surface area contributed by atoms with Gasteiger partial charge in [-0.15, -0.1) is 11.3 Å². The lowest BCUT2D eigenvalue weighted by atomic mass is 9.94. The zero-order chi connectivity index (χ0) is 23.9. The lowest BCUT2D eigenvalue weighted by Crippen LogP contribution is -2.42. The monoisotopic (exact) mass is 497 g/mol. The molecule has 0 radical (unpaired) electrons. The van der Waals surface area contributed by atoms with Crippen molar-refractivity contribution in [2.45, 2.75) is 52.1 Å². The van der Waals surface area contributed by atoms with E-state index >= 15 is 0 Å². The third-order valence-electron chi connectivity index (χ3n) is 5.57. The summed E-state index contributed by atoms with van der Waals surface area (Å²) in [5.74, 6) is 0.896. The van der Waals surface area contributed by atoms with Crippen LogP contribution >= 0.6 is 22.9 Å². The molecule has 34 heavy (non-hydrogen) atoms. The highest BCUT2D eigenvalue weighted by Gasteiger charge is 2.30. The number of amides is 1. The van der Waals surface area contributed by atoms with E-state index in [0.29, 0.717) is 13.1 Å². The summed E-state index contributed by atoms with van der Waals surface area (Å²) in [6.07, 6.45) is 3.37. The number of aromatic nitrogens is 5. The molecule has 11 heteroatoms. The zero-order valence-electron chi connectivity index (χ0n) is 19.6. The summed E-state index contributed by atoms with van der Waals surface area (Å²) in [5, 5.41) is 11.0. The summed E-state index contributed by atoms with van der Waals surface area (Å²) in [6.45, 7) is 8.89. The second kappa shape index (κ2) is 8.95. The maximum Gasteiger partial charge on any atom is 0.410 e. The fourth-order valence-electron chi connectivity index (χ4n) is 4.07. The van der Waals surface area contributed by atoms with Gasteiger partial charge in [-0.1, -0.05) is 0 Å². The van der Waals surface area contributed by atoms with Crippen molar-refractivity contribution in [3.8, 4) is 11.3 Å². The minimum Gasteiger partial charge on any atom is -0.444 e. The molecular weight excluding hydrogens is 470 g/mol. The van der Waals surface area contributed by atoms with E-state index in [9.17, 15) is 4.79 Å². The average molecular weight is 498 g/mol. The molecule has 178 valence electrons. The van der Waals surface area contributed by atoms with Crippen LogP contribution in [0.4, 0.5) is 15.6 Å². The van der Waals surface area contributed by atoms with Crippen molar-refractivity contribution in [3.05, 3.63) is 40.6 Å². The fourth-order valence-corrected chi connectivity index (χ4v) is 5.29. The molecule has 5 heterocycles. The fraction of sp³-hybridized carbons (Fsp3) is 0.435. The van der Waals surface area contributed by atoms with E-state index in [-0.39, 0.29) is 12.0 Å². The Morgan fingerprint density at radius 3 is 2.85 bits per heavy atom. The molecule has 1 amide bonds. The van der Waals surface area contributed by atoms with Gasteiger partial charge in [-0.05, 0) is 58.1 Å². The van der Waals surface area contributed by atoms with Gasteiger partial charge in [0.25, 0.3) is 0 Å². The van der Waals surface area contributed by atoms with Gasteiger partial charge in [0.15, 0.2) is 5.65 Å². The van der Waals surface area contributed by atoms with Gasteiger partial charge >= 0.3 is 6.09 Å². The van der Waals surface area contributed by atoms with E-state index in [1.54, 1.807) is 11.1 Å². The summed E-state index contributed by atoms with van der Waals surface area (Å²) in [4.78, 5) is 24.0. The molecule has 0 aliphatic carbocycles. The first kappa shape index (κ1) is 22.7. The standard InChI is InChI=1S/C23H27N7O2S2/c1-14-8-20(34-28-14)27-19-9-17(15-6-5-7-29(11-15)22(31)32-23(2,3)4)26-21-16(10-25-30(19)21)18-12-33-13-24-18/h8-10,12-13,15,27H,5-7,11H2,1-4H3. The highest BCUT2D eigenvalue weighted by Crippen LogP contribution is 2.33. The number of rotatable bonds is 4. The zero-order valence-corrected chi connectivity index (χ0v) is 21.2. The topological polar surface area (TPSA) is 97.5 Å². The molecule has 1 atom stereocenters. The van der Waals surface area contributed by atoms with Gasteiger partial charge in [-0.2, -0.15) is 14.0 Å². The minimum atomic E-state index is -0.523. The molecule has 1 saturated heterocycles. The number of aryl methyl sites for hydroxylation is 1. The van der Waals surface area contributed by atoms with E-state index in [1.165, 1.54) is 22.9 Å². The van der Waals surface area contributed by atoms with Crippen molar-refractivity contribution in [1.29, 1.82) is 0 Å². The molecule has 1 aliphatic rings. The first-order valence-corrected chi connectivity index (χ1v) is 12.9. The number of carbonyl (C=O) groups excluding carboxylic acids is 1. The molecule has 1 aliphatic heterocycles. The highest BCUT2D eigenvalue weighted by molar-refractivity contribution is 7.10. The number of piperidine rings is 1. The quantitative estimate of drug-likeness (QED) is 0.399. The van der Waals surface area contributed by atoms with E-state index < -0.39 is 5.60 Å². The first-order valence-electron chi connectivity index (χ1n) is 11.2. The maximum absolute atomic E-state index is 12.7. The number of carbonyl (C=O) groups is 1. The molecule has 4 aromatic heterocycles. The van der Waals surface area contributed by atoms with Gasteiger partial charge in [0.2, 0.25) is 0 Å². The number of anilines is 2. The van der Waals surface area contributed by atoms with Crippen molar-refractivity contribution in [1.82, 2.24) is 28.9 Å². The summed E-state index contributed by atoms with van der Waals surface area (Å²) in [7, 11) is 0. The van der Waals surface area contributed by atoms with Gasteiger partial charge in [0.05, 0.1) is 34.4 Å². The van der Waals surface area contributed by atoms with E-state index in [2.05, 4.69) is 19.8 Å². The number of ether oxygens (including phenoxy) is 1. The van der Waals surface area contributed by atoms with Crippen LogP contribution in [0.15, 0.2) is 29.2 Å². The van der Waals surface area contributed by atoms with E-state index in [4.69, 9.17) is 9.72 Å². The lowest BCUT2D eigenvalue weighted by Gasteiger charge is -2.34. The van der Waals surface area contributed by atoms with Crippen LogP contribution in [0.5, 0.6) is 0 Å². The number of nitrogens with zero attached hydrogens (tertiary/aromatic N) is 6. The molecule has 0 spiro atoms. The molecule has 0 aromatic carbocycles. The van der Waals surface area contributed by atoms with Crippen molar-refractivity contribution in [3.63, 3.8) is 0 Å². The van der Waals surface area contributed by atoms with Crippen LogP contribution in [0.25, 0.3) is 16.9 Å². The molecule has 4 aromatic rings. The number of thiazole rings is 1. The van der Waals surface area contributed by atoms with Crippen LogP contribution < -0.4 is 5.32 Å². The number of hydrogen-bond acceptors (Lipinski definition) is 9. The Morgan fingerprint density at radius 1 is 1.29 bits per heavy atom. The molecular formula is C23H27N7O2S2. The lowest BCUT2D eigenvalue weighted by molar-refractivity contribution is 0.0197. The van der Waals surface area contributed by atoms with Crippen LogP contribution in [-0.4, -0.2) is 53.6 Å². The highest BCUT2D eigenvalue weighted by atomic mass is 32.1. The van der Waals surface area contributed by atoms with Crippen LogP contribution in [0.1, 0.15) is 50.9 Å². The largest absolute Gasteiger partial charge is 0.444 e. The van der Waals surface area contributed by atoms with Gasteiger partial charge in [-0.25, -0.2) is 14.8 Å². The smallest absolute Gasteiger partial charge is 0.410 e. The maximum atomic E-state index is 12.7. The molecule has 1 unspecified atom stereocenters. The van der Waals surface area contributed by atoms with E-state index in [1.807, 2.05) is 55.2 Å². The van der Waals surface area contributed by atoms with Gasteiger partial charge < -0.3 is 15.0 Å². The third kappa shape index (κ3) is 4.76. The third-order valence-corrected chi connectivity index (χ3v) is 6.95. The number of fused-ring (bicyclic) bond motifs is 1. The van der Waals surface area contributed by atoms with Crippen LogP contribution in [0.3, 0.4) is 0 Å². The predicted octanol–water partition coefficient (Wildman–Crippen LogP) is 5.48. The minimum absolute atomic E-state index is 0.0909. The van der Waals surface area contributed by atoms with Crippen LogP contribution in [0, 0.1) is 6.92 Å². The molecule has 1 fully saturated rings. The SMILES string of the molecule is Cc1cc(Nc2cc(C3CCCN(C(=O)OC(C)(C)C)C3)nc3c(-c4cscn4)cnn23)sn1. The Labute approximate surface area is 206 Å². The van der Waals surface area contributed by atoms with E-state index in [0.717, 1.165) is 52.0 Å². The summed E-state index contributed by atoms with van der Waals surface area (Å²) < 4.78 is 11.8. The molecule has 1 N–H and O–H groups in total. The molecule has 0 saturated carbocycles. The summed E-state index contributed by atoms with van der Waals surface area (Å²) >= 11 is 2.95. The van der Waals surface area contributed by atoms with Crippen molar-refractivity contribution in [2.24, 2.45) is 0 Å². The molecule has 0 bridgehead atoms. The predicted molar refractivity (Wildman–Crippen MR) is 134 cm³/mol. The van der Waals surface area contributed by atoms with Gasteiger partial charge in [0, 0.05) is 30.5 Å². The van der Waals surface area contributed by atoms with Crippen LogP contribution in [0.2, 0.25) is 0 Å². The van der Waals surface area contributed by atoms with Gasteiger partial charge in [-0.3, -0.25) is 0 Å². The Bertz CT molecular complexity index is 1310. The van der Waals surface area contributed by atoms with Crippen molar-refractivity contribution in [2.75, 3.05) is 18.4 Å². The second-order valence-corrected chi connectivity index (χ2v) is 11.0. The Hall–Kier alpha value is -3.05. The van der Waals surface area contributed by atoms with Crippen LogP contribution in [-0.2, 0) is 4.74 Å².